The van der Waals surface area contributed by atoms with E-state index in [1.165, 1.54) is 26.5 Å². The number of pyridine rings is 2. The Bertz CT molecular complexity index is 1230. The van der Waals surface area contributed by atoms with Crippen LogP contribution >= 0.6 is 11.6 Å². The molecule has 4 aromatic rings. The summed E-state index contributed by atoms with van der Waals surface area (Å²) in [6, 6.07) is 7.31. The molecule has 4 rings (SSSR count). The van der Waals surface area contributed by atoms with Crippen molar-refractivity contribution in [2.45, 2.75) is 0 Å². The maximum absolute atomic E-state index is 12.9. The molecule has 2 aromatic heterocycles. The summed E-state index contributed by atoms with van der Waals surface area (Å²) < 4.78 is 76.7. The molecular weight excluding hydrogens is 443 g/mol. The Hall–Kier alpha value is -3.20. The molecule has 0 unspecified atom stereocenters. The number of ether oxygens (including phenoxy) is 2. The van der Waals surface area contributed by atoms with Crippen LogP contribution in [-0.2, 0) is 0 Å². The number of nitrogens with zero attached hydrogens (tertiary/aromatic N) is 2. The Kier molecular flexibility index (Phi) is 7.77. The quantitative estimate of drug-likeness (QED) is 0.261. The normalized spacial score (nSPS) is 10.5. The average molecular weight is 460 g/mol. The Morgan fingerprint density at radius 2 is 1.32 bits per heavy atom. The molecule has 0 N–H and O–H groups in total. The van der Waals surface area contributed by atoms with Crippen molar-refractivity contribution in [3.8, 4) is 11.5 Å². The van der Waals surface area contributed by atoms with Gasteiger partial charge in [0, 0.05) is 22.9 Å². The first-order valence-corrected chi connectivity index (χ1v) is 8.75. The van der Waals surface area contributed by atoms with E-state index in [0.29, 0.717) is 33.3 Å². The van der Waals surface area contributed by atoms with Crippen molar-refractivity contribution in [2.75, 3.05) is 21.4 Å². The van der Waals surface area contributed by atoms with E-state index >= 15 is 0 Å². The number of alkyl halides is 1. The smallest absolute Gasteiger partial charge is 0.171 e. The molecule has 0 radical (unpaired) electrons. The van der Waals surface area contributed by atoms with E-state index in [1.54, 1.807) is 6.07 Å². The molecule has 2 aromatic carbocycles. The summed E-state index contributed by atoms with van der Waals surface area (Å²) in [4.78, 5) is 7.80. The van der Waals surface area contributed by atoms with Crippen molar-refractivity contribution >= 4 is 33.4 Å². The van der Waals surface area contributed by atoms with Crippen LogP contribution in [0.2, 0.25) is 5.15 Å². The van der Waals surface area contributed by atoms with Crippen LogP contribution in [0.4, 0.5) is 22.0 Å². The van der Waals surface area contributed by atoms with Crippen molar-refractivity contribution in [3.63, 3.8) is 0 Å². The molecule has 31 heavy (non-hydrogen) atoms. The minimum Gasteiger partial charge on any atom is -0.495 e. The highest BCUT2D eigenvalue weighted by Gasteiger charge is 2.09. The Morgan fingerprint density at radius 3 is 1.87 bits per heavy atom. The summed E-state index contributed by atoms with van der Waals surface area (Å²) in [6.45, 7) is 0. The molecule has 0 spiro atoms. The summed E-state index contributed by atoms with van der Waals surface area (Å²) in [7, 11) is 1.91. The van der Waals surface area contributed by atoms with Gasteiger partial charge in [0.05, 0.1) is 40.0 Å². The molecule has 10 heteroatoms. The van der Waals surface area contributed by atoms with Gasteiger partial charge in [-0.3, -0.25) is 9.37 Å². The van der Waals surface area contributed by atoms with E-state index in [2.05, 4.69) is 9.97 Å². The second kappa shape index (κ2) is 10.7. The number of aromatic nitrogens is 2. The van der Waals surface area contributed by atoms with E-state index < -0.39 is 30.4 Å². The first-order chi connectivity index (χ1) is 15.2. The summed E-state index contributed by atoms with van der Waals surface area (Å²) in [5.74, 6) is -2.80. The largest absolute Gasteiger partial charge is 0.495 e. The molecule has 4 nitrogen and oxygen atoms in total. The number of rotatable bonds is 2. The minimum atomic E-state index is -1.00. The van der Waals surface area contributed by atoms with Crippen molar-refractivity contribution in [3.05, 3.63) is 71.0 Å². The van der Waals surface area contributed by atoms with Gasteiger partial charge in [0.25, 0.3) is 0 Å². The van der Waals surface area contributed by atoms with Gasteiger partial charge in [0.2, 0.25) is 0 Å². The van der Waals surface area contributed by atoms with Crippen molar-refractivity contribution in [1.29, 1.82) is 0 Å². The number of hydrogen-bond acceptors (Lipinski definition) is 4. The third-order valence-electron chi connectivity index (χ3n) is 3.93. The number of fused-ring (bicyclic) bond motifs is 2. The molecule has 0 aliphatic carbocycles. The molecule has 0 saturated heterocycles. The van der Waals surface area contributed by atoms with E-state index in [4.69, 9.17) is 22.4 Å². The topological polar surface area (TPSA) is 44.2 Å². The molecule has 164 valence electrons. The van der Waals surface area contributed by atoms with E-state index in [-0.39, 0.29) is 5.15 Å². The van der Waals surface area contributed by atoms with E-state index in [9.17, 15) is 22.0 Å². The van der Waals surface area contributed by atoms with Crippen molar-refractivity contribution in [2.24, 2.45) is 0 Å². The molecule has 0 saturated carbocycles. The van der Waals surface area contributed by atoms with Gasteiger partial charge in [0.1, 0.15) is 5.75 Å². The Morgan fingerprint density at radius 1 is 0.806 bits per heavy atom. The van der Waals surface area contributed by atoms with Crippen LogP contribution in [0.5, 0.6) is 11.5 Å². The highest BCUT2D eigenvalue weighted by Crippen LogP contribution is 2.27. The van der Waals surface area contributed by atoms with Crippen LogP contribution in [0, 0.1) is 23.3 Å². The van der Waals surface area contributed by atoms with Gasteiger partial charge in [-0.05, 0) is 24.3 Å². The third kappa shape index (κ3) is 5.69. The maximum Gasteiger partial charge on any atom is 0.171 e. The van der Waals surface area contributed by atoms with Crippen LogP contribution in [0.15, 0.2) is 42.6 Å². The zero-order valence-electron chi connectivity index (χ0n) is 17.2. The van der Waals surface area contributed by atoms with Gasteiger partial charge in [-0.25, -0.2) is 22.5 Å². The zero-order valence-corrected chi connectivity index (χ0v) is 17.0. The lowest BCUT2D eigenvalue weighted by Gasteiger charge is -2.04. The molecule has 0 aliphatic rings. The van der Waals surface area contributed by atoms with Crippen LogP contribution in [0.25, 0.3) is 21.8 Å². The summed E-state index contributed by atoms with van der Waals surface area (Å²) >= 11 is 5.74. The molecule has 2 heterocycles. The first-order valence-electron chi connectivity index (χ1n) is 9.08. The highest BCUT2D eigenvalue weighted by atomic mass is 35.5. The molecule has 0 amide bonds. The summed E-state index contributed by atoms with van der Waals surface area (Å²) in [5, 5.41) is 1.08. The van der Waals surface area contributed by atoms with Gasteiger partial charge >= 0.3 is 0 Å². The second-order valence-electron chi connectivity index (χ2n) is 5.77. The van der Waals surface area contributed by atoms with Crippen molar-refractivity contribution < 1.29 is 32.8 Å². The van der Waals surface area contributed by atoms with E-state index in [1.807, 2.05) is 0 Å². The van der Waals surface area contributed by atoms with Crippen LogP contribution in [-0.4, -0.2) is 31.3 Å². The fourth-order valence-corrected chi connectivity index (χ4v) is 2.71. The standard InChI is InChI=1S/C10H6ClF2NO.C10H7F2NO.CH3F/c1-15-9-3-5-2-6(12)7(13)4-8(5)14-10(9)11;1-14-7-2-6-3-8(11)9(12)4-10(6)13-5-7;1-2/h2-4H,1H3;2-5H,1H3;1H3/i;;1D. The molecule has 0 fully saturated rings. The fraction of sp³-hybridized carbons (Fsp3) is 0.143. The Balaban J connectivity index is 0.000000203. The van der Waals surface area contributed by atoms with Crippen molar-refractivity contribution in [1.82, 2.24) is 9.97 Å². The predicted octanol–water partition coefficient (Wildman–Crippen LogP) is 6.28. The van der Waals surface area contributed by atoms with Gasteiger partial charge in [-0.15, -0.1) is 0 Å². The van der Waals surface area contributed by atoms with Gasteiger partial charge < -0.3 is 9.47 Å². The monoisotopic (exact) mass is 459 g/mol. The van der Waals surface area contributed by atoms with Crippen LogP contribution in [0.3, 0.4) is 0 Å². The van der Waals surface area contributed by atoms with Gasteiger partial charge in [-0.1, -0.05) is 11.6 Å². The molecule has 0 bridgehead atoms. The highest BCUT2D eigenvalue weighted by molar-refractivity contribution is 6.31. The number of benzene rings is 2. The number of methoxy groups -OCH3 is 2. The minimum absolute atomic E-state index is 0.121. The fourth-order valence-electron chi connectivity index (χ4n) is 2.48. The molecular formula is C21H16ClF5N2O2. The lowest BCUT2D eigenvalue weighted by Crippen LogP contribution is -1.91. The maximum atomic E-state index is 12.9. The lowest BCUT2D eigenvalue weighted by atomic mass is 10.2. The van der Waals surface area contributed by atoms with Gasteiger partial charge in [-0.2, -0.15) is 0 Å². The zero-order chi connectivity index (χ0) is 23.8. The summed E-state index contributed by atoms with van der Waals surface area (Å²) in [5.41, 5.74) is 0.699. The second-order valence-corrected chi connectivity index (χ2v) is 6.13. The van der Waals surface area contributed by atoms with Gasteiger partial charge in [0.15, 0.2) is 34.2 Å². The molecule has 0 atom stereocenters. The molecule has 0 aliphatic heterocycles. The van der Waals surface area contributed by atoms with E-state index in [0.717, 1.165) is 24.3 Å². The third-order valence-corrected chi connectivity index (χ3v) is 4.20. The number of hydrogen-bond donors (Lipinski definition) is 0. The Labute approximate surface area is 180 Å². The van der Waals surface area contributed by atoms with Crippen LogP contribution < -0.4 is 9.47 Å². The summed E-state index contributed by atoms with van der Waals surface area (Å²) in [6.07, 6.45) is 1.46. The number of halogens is 6. The first kappa shape index (κ1) is 22.5. The average Bonchev–Trinajstić information content (AvgIpc) is 2.76. The SMILES string of the molecule is COc1cc2cc(F)c(F)cc2nc1Cl.COc1cnc2cc(F)c(F)cc2c1.[2H]CF. The predicted molar refractivity (Wildman–Crippen MR) is 108 cm³/mol. The lowest BCUT2D eigenvalue weighted by molar-refractivity contribution is 0.413. The van der Waals surface area contributed by atoms with Crippen LogP contribution in [0.1, 0.15) is 1.37 Å².